The van der Waals surface area contributed by atoms with E-state index >= 15 is 0 Å². The number of carbonyl (C=O) groups excluding carboxylic acids is 1. The number of para-hydroxylation sites is 1. The number of hydrogen-bond donors (Lipinski definition) is 1. The molecule has 3 aromatic heterocycles. The van der Waals surface area contributed by atoms with E-state index < -0.39 is 0 Å². The van der Waals surface area contributed by atoms with Crippen molar-refractivity contribution in [2.24, 2.45) is 7.05 Å². The minimum Gasteiger partial charge on any atom is -0.469 e. The Bertz CT molecular complexity index is 1140. The van der Waals surface area contributed by atoms with Crippen molar-refractivity contribution in [3.63, 3.8) is 0 Å². The standard InChI is InChI=1S/C19H18N4O3/c1-22-19(25)18-15(11-21-22)14-6-2-3-7-16(14)23(18)12-17(24)20-9-8-13-5-4-10-26-13/h2-7,10-11H,8-9,12H2,1H3,(H,20,24). The van der Waals surface area contributed by atoms with E-state index in [1.807, 2.05) is 36.4 Å². The number of benzene rings is 1. The van der Waals surface area contributed by atoms with Crippen LogP contribution in [0.1, 0.15) is 5.76 Å². The quantitative estimate of drug-likeness (QED) is 0.595. The van der Waals surface area contributed by atoms with E-state index in [-0.39, 0.29) is 18.0 Å². The molecule has 0 atom stereocenters. The van der Waals surface area contributed by atoms with E-state index in [4.69, 9.17) is 4.42 Å². The summed E-state index contributed by atoms with van der Waals surface area (Å²) in [4.78, 5) is 25.0. The molecular weight excluding hydrogens is 332 g/mol. The Morgan fingerprint density at radius 1 is 1.19 bits per heavy atom. The monoisotopic (exact) mass is 350 g/mol. The molecule has 4 rings (SSSR count). The number of amides is 1. The lowest BCUT2D eigenvalue weighted by Crippen LogP contribution is -2.30. The first kappa shape index (κ1) is 16.1. The van der Waals surface area contributed by atoms with E-state index in [1.165, 1.54) is 4.68 Å². The normalized spacial score (nSPS) is 11.3. The van der Waals surface area contributed by atoms with Crippen molar-refractivity contribution >= 4 is 27.7 Å². The van der Waals surface area contributed by atoms with Crippen LogP contribution < -0.4 is 10.9 Å². The zero-order valence-electron chi connectivity index (χ0n) is 14.3. The summed E-state index contributed by atoms with van der Waals surface area (Å²) >= 11 is 0. The molecule has 0 spiro atoms. The molecule has 132 valence electrons. The smallest absolute Gasteiger partial charge is 0.291 e. The van der Waals surface area contributed by atoms with Crippen molar-refractivity contribution in [1.82, 2.24) is 19.7 Å². The van der Waals surface area contributed by atoms with Gasteiger partial charge in [0.15, 0.2) is 0 Å². The molecule has 1 N–H and O–H groups in total. The number of nitrogens with one attached hydrogen (secondary N) is 1. The van der Waals surface area contributed by atoms with Gasteiger partial charge >= 0.3 is 0 Å². The Balaban J connectivity index is 1.65. The Labute approximate surface area is 148 Å². The molecule has 0 radical (unpaired) electrons. The van der Waals surface area contributed by atoms with Gasteiger partial charge in [0.2, 0.25) is 5.91 Å². The van der Waals surface area contributed by atoms with Gasteiger partial charge in [-0.05, 0) is 18.2 Å². The maximum atomic E-state index is 12.6. The van der Waals surface area contributed by atoms with Gasteiger partial charge in [0.05, 0.1) is 12.5 Å². The molecule has 7 heteroatoms. The molecular formula is C19H18N4O3. The lowest BCUT2D eigenvalue weighted by Gasteiger charge is -2.08. The zero-order chi connectivity index (χ0) is 18.1. The summed E-state index contributed by atoms with van der Waals surface area (Å²) in [6, 6.07) is 11.3. The van der Waals surface area contributed by atoms with Crippen molar-refractivity contribution in [3.05, 3.63) is 65.0 Å². The minimum atomic E-state index is -0.220. The van der Waals surface area contributed by atoms with Gasteiger partial charge < -0.3 is 14.3 Å². The lowest BCUT2D eigenvalue weighted by atomic mass is 10.2. The van der Waals surface area contributed by atoms with Gasteiger partial charge in [-0.25, -0.2) is 4.68 Å². The summed E-state index contributed by atoms with van der Waals surface area (Å²) < 4.78 is 8.30. The van der Waals surface area contributed by atoms with Gasteiger partial charge in [-0.15, -0.1) is 0 Å². The topological polar surface area (TPSA) is 82.1 Å². The summed E-state index contributed by atoms with van der Waals surface area (Å²) in [6.45, 7) is 0.546. The van der Waals surface area contributed by atoms with Crippen LogP contribution in [0.4, 0.5) is 0 Å². The van der Waals surface area contributed by atoms with Crippen LogP contribution in [0, 0.1) is 0 Å². The Kier molecular flexibility index (Phi) is 4.04. The van der Waals surface area contributed by atoms with Gasteiger partial charge in [-0.1, -0.05) is 18.2 Å². The first-order valence-corrected chi connectivity index (χ1v) is 8.37. The molecule has 0 saturated heterocycles. The first-order chi connectivity index (χ1) is 12.6. The summed E-state index contributed by atoms with van der Waals surface area (Å²) in [6.07, 6.45) is 3.90. The van der Waals surface area contributed by atoms with Crippen molar-refractivity contribution < 1.29 is 9.21 Å². The fourth-order valence-corrected chi connectivity index (χ4v) is 3.19. The van der Waals surface area contributed by atoms with Crippen molar-refractivity contribution in [2.75, 3.05) is 6.54 Å². The molecule has 0 fully saturated rings. The van der Waals surface area contributed by atoms with E-state index in [0.29, 0.717) is 18.5 Å². The predicted molar refractivity (Wildman–Crippen MR) is 97.9 cm³/mol. The highest BCUT2D eigenvalue weighted by molar-refractivity contribution is 6.07. The number of nitrogens with zero attached hydrogens (tertiary/aromatic N) is 3. The number of aromatic nitrogens is 3. The van der Waals surface area contributed by atoms with Crippen LogP contribution in [-0.2, 0) is 24.8 Å². The lowest BCUT2D eigenvalue weighted by molar-refractivity contribution is -0.121. The third kappa shape index (κ3) is 2.77. The molecule has 0 aliphatic rings. The van der Waals surface area contributed by atoms with Gasteiger partial charge in [0.25, 0.3) is 5.56 Å². The largest absolute Gasteiger partial charge is 0.469 e. The van der Waals surface area contributed by atoms with Gasteiger partial charge in [0, 0.05) is 36.3 Å². The van der Waals surface area contributed by atoms with E-state index in [0.717, 1.165) is 22.0 Å². The second-order valence-electron chi connectivity index (χ2n) is 6.12. The molecule has 0 aliphatic heterocycles. The van der Waals surface area contributed by atoms with Gasteiger partial charge in [-0.3, -0.25) is 9.59 Å². The molecule has 3 heterocycles. The second-order valence-corrected chi connectivity index (χ2v) is 6.12. The number of hydrogen-bond acceptors (Lipinski definition) is 4. The van der Waals surface area contributed by atoms with Crippen LogP contribution in [0.5, 0.6) is 0 Å². The molecule has 7 nitrogen and oxygen atoms in total. The predicted octanol–water partition coefficient (Wildman–Crippen LogP) is 1.84. The van der Waals surface area contributed by atoms with Crippen molar-refractivity contribution in [2.45, 2.75) is 13.0 Å². The number of fused-ring (bicyclic) bond motifs is 3. The van der Waals surface area contributed by atoms with Crippen LogP contribution in [0.2, 0.25) is 0 Å². The average molecular weight is 350 g/mol. The van der Waals surface area contributed by atoms with Crippen molar-refractivity contribution in [3.8, 4) is 0 Å². The third-order valence-electron chi connectivity index (χ3n) is 4.44. The summed E-state index contributed by atoms with van der Waals surface area (Å²) in [7, 11) is 1.60. The molecule has 0 bridgehead atoms. The maximum absolute atomic E-state index is 12.6. The maximum Gasteiger partial charge on any atom is 0.291 e. The van der Waals surface area contributed by atoms with Crippen molar-refractivity contribution in [1.29, 1.82) is 0 Å². The van der Waals surface area contributed by atoms with Crippen LogP contribution in [0.15, 0.2) is 58.1 Å². The fourth-order valence-electron chi connectivity index (χ4n) is 3.19. The fraction of sp³-hybridized carbons (Fsp3) is 0.211. The Hall–Kier alpha value is -3.35. The van der Waals surface area contributed by atoms with Gasteiger partial charge in [-0.2, -0.15) is 5.10 Å². The highest BCUT2D eigenvalue weighted by atomic mass is 16.3. The highest BCUT2D eigenvalue weighted by Crippen LogP contribution is 2.25. The Morgan fingerprint density at radius 2 is 2.04 bits per heavy atom. The second kappa shape index (κ2) is 6.51. The molecule has 1 amide bonds. The number of aryl methyl sites for hydroxylation is 1. The van der Waals surface area contributed by atoms with E-state index in [2.05, 4.69) is 10.4 Å². The Morgan fingerprint density at radius 3 is 2.85 bits per heavy atom. The minimum absolute atomic E-state index is 0.0709. The molecule has 0 aliphatic carbocycles. The summed E-state index contributed by atoms with van der Waals surface area (Å²) in [5, 5.41) is 8.66. The first-order valence-electron chi connectivity index (χ1n) is 8.37. The zero-order valence-corrected chi connectivity index (χ0v) is 14.3. The van der Waals surface area contributed by atoms with Crippen LogP contribution in [0.25, 0.3) is 21.8 Å². The summed E-state index contributed by atoms with van der Waals surface area (Å²) in [5.41, 5.74) is 1.11. The van der Waals surface area contributed by atoms with Crippen LogP contribution in [-0.4, -0.2) is 26.8 Å². The van der Waals surface area contributed by atoms with Gasteiger partial charge in [0.1, 0.15) is 17.8 Å². The molecule has 0 saturated carbocycles. The molecule has 1 aromatic carbocycles. The highest BCUT2D eigenvalue weighted by Gasteiger charge is 2.16. The van der Waals surface area contributed by atoms with Crippen LogP contribution >= 0.6 is 0 Å². The SMILES string of the molecule is Cn1ncc2c3ccccc3n(CC(=O)NCCc3ccco3)c2c1=O. The number of furan rings is 1. The average Bonchev–Trinajstić information content (AvgIpc) is 3.26. The molecule has 26 heavy (non-hydrogen) atoms. The number of carbonyl (C=O) groups is 1. The van der Waals surface area contributed by atoms with E-state index in [1.54, 1.807) is 24.1 Å². The number of rotatable bonds is 5. The van der Waals surface area contributed by atoms with E-state index in [9.17, 15) is 9.59 Å². The summed E-state index contributed by atoms with van der Waals surface area (Å²) in [5.74, 6) is 0.667. The molecule has 4 aromatic rings. The van der Waals surface area contributed by atoms with Crippen LogP contribution in [0.3, 0.4) is 0 Å². The molecule has 0 unspecified atom stereocenters. The third-order valence-corrected chi connectivity index (χ3v) is 4.44.